The number of benzene rings is 1. The average Bonchev–Trinajstić information content (AvgIpc) is 3.22. The number of carbonyl (C=O) groups excluding carboxylic acids is 4. The maximum absolute atomic E-state index is 14.0. The summed E-state index contributed by atoms with van der Waals surface area (Å²) in [4.78, 5) is 66.7. The van der Waals surface area contributed by atoms with Crippen molar-refractivity contribution in [1.29, 1.82) is 0 Å². The number of aromatic nitrogens is 1. The number of hydrogen-bond acceptors (Lipinski definition) is 10. The van der Waals surface area contributed by atoms with Gasteiger partial charge < -0.3 is 29.4 Å². The molecule has 3 amide bonds. The molecule has 2 aliphatic heterocycles. The zero-order chi connectivity index (χ0) is 31.6. The second-order valence-corrected chi connectivity index (χ2v) is 10.7. The first-order chi connectivity index (χ1) is 20.1. The number of hydrogen-bond donors (Lipinski definition) is 2. The Hall–Kier alpha value is -4.75. The van der Waals surface area contributed by atoms with Crippen LogP contribution in [0.3, 0.4) is 0 Å². The van der Waals surface area contributed by atoms with E-state index in [1.165, 1.54) is 31.3 Å². The number of amides is 3. The summed E-state index contributed by atoms with van der Waals surface area (Å²) < 4.78 is 34.2. The van der Waals surface area contributed by atoms with Gasteiger partial charge in [0.1, 0.15) is 0 Å². The highest BCUT2D eigenvalue weighted by Crippen LogP contribution is 2.41. The maximum atomic E-state index is 14.0. The Morgan fingerprint density at radius 3 is 2.47 bits per heavy atom. The fourth-order valence-corrected chi connectivity index (χ4v) is 4.67. The highest BCUT2D eigenvalue weighted by molar-refractivity contribution is 6.07. The first kappa shape index (κ1) is 31.2. The van der Waals surface area contributed by atoms with Gasteiger partial charge in [0.15, 0.2) is 17.5 Å². The maximum Gasteiger partial charge on any atom is 0.404 e. The van der Waals surface area contributed by atoms with Gasteiger partial charge in [-0.2, -0.15) is 4.39 Å². The zero-order valence-corrected chi connectivity index (χ0v) is 24.2. The normalized spacial score (nSPS) is 21.9. The van der Waals surface area contributed by atoms with Crippen LogP contribution in [0.5, 0.6) is 11.5 Å². The van der Waals surface area contributed by atoms with E-state index in [-0.39, 0.29) is 30.3 Å². The smallest absolute Gasteiger partial charge is 0.404 e. The third kappa shape index (κ3) is 7.19. The Balaban J connectivity index is 1.36. The average molecular weight is 602 g/mol. The van der Waals surface area contributed by atoms with E-state index >= 15 is 0 Å². The van der Waals surface area contributed by atoms with Crippen LogP contribution in [0.4, 0.5) is 9.18 Å². The van der Waals surface area contributed by atoms with Crippen molar-refractivity contribution in [2.75, 3.05) is 0 Å². The molecule has 13 nitrogen and oxygen atoms in total. The van der Waals surface area contributed by atoms with Crippen molar-refractivity contribution in [1.82, 2.24) is 15.2 Å². The second-order valence-electron chi connectivity index (χ2n) is 10.7. The van der Waals surface area contributed by atoms with E-state index in [4.69, 9.17) is 18.9 Å². The van der Waals surface area contributed by atoms with E-state index in [0.717, 1.165) is 6.92 Å². The van der Waals surface area contributed by atoms with Crippen LogP contribution in [-0.2, 0) is 41.5 Å². The Labute approximate surface area is 246 Å². The molecule has 2 N–H and O–H groups in total. The number of aliphatic carboxylic acids is 1. The number of halogens is 1. The molecule has 1 fully saturated rings. The third-order valence-corrected chi connectivity index (χ3v) is 6.79. The predicted molar refractivity (Wildman–Crippen MR) is 144 cm³/mol. The van der Waals surface area contributed by atoms with Gasteiger partial charge in [-0.25, -0.2) is 14.5 Å². The Morgan fingerprint density at radius 1 is 1.09 bits per heavy atom. The minimum atomic E-state index is -2.32. The van der Waals surface area contributed by atoms with Crippen molar-refractivity contribution in [3.63, 3.8) is 0 Å². The number of rotatable bonds is 10. The number of carbonyl (C=O) groups is 5. The SMILES string of the molecule is CC(OC(=O)Cc1cc(C[C@H]2C(=O)N(C(=O)N[C@H](C)c3ccc4c(c3)OC(C)(F)O4)[C@@H]2C(=O)O)ccn1)OC(=O)C(C)C. The summed E-state index contributed by atoms with van der Waals surface area (Å²) in [5.74, 6) is -4.36. The molecule has 230 valence electrons. The molecule has 1 saturated heterocycles. The molecule has 2 aromatic rings. The molecule has 0 radical (unpaired) electrons. The van der Waals surface area contributed by atoms with Crippen LogP contribution in [0.2, 0.25) is 0 Å². The van der Waals surface area contributed by atoms with Crippen molar-refractivity contribution in [3.05, 3.63) is 53.3 Å². The summed E-state index contributed by atoms with van der Waals surface area (Å²) in [6, 6.07) is 2.31. The quantitative estimate of drug-likeness (QED) is 0.233. The van der Waals surface area contributed by atoms with Crippen molar-refractivity contribution < 1.29 is 52.4 Å². The molecule has 0 saturated carbocycles. The number of carboxylic acid groups (broad SMARTS) is 1. The molecule has 14 heteroatoms. The van der Waals surface area contributed by atoms with Crippen LogP contribution in [0.15, 0.2) is 36.5 Å². The molecule has 4 rings (SSSR count). The van der Waals surface area contributed by atoms with Crippen LogP contribution in [0.25, 0.3) is 0 Å². The van der Waals surface area contributed by atoms with E-state index in [1.54, 1.807) is 32.9 Å². The van der Waals surface area contributed by atoms with Crippen molar-refractivity contribution in [2.24, 2.45) is 11.8 Å². The van der Waals surface area contributed by atoms with Gasteiger partial charge in [-0.1, -0.05) is 19.9 Å². The summed E-state index contributed by atoms with van der Waals surface area (Å²) in [7, 11) is 0. The fraction of sp³-hybridized carbons (Fsp3) is 0.448. The number of nitrogens with zero attached hydrogens (tertiary/aromatic N) is 2. The van der Waals surface area contributed by atoms with Gasteiger partial charge in [-0.3, -0.25) is 19.4 Å². The summed E-state index contributed by atoms with van der Waals surface area (Å²) in [5.41, 5.74) is 1.33. The number of imide groups is 1. The molecule has 1 aromatic heterocycles. The summed E-state index contributed by atoms with van der Waals surface area (Å²) in [6.07, 6.45) is 0.0363. The lowest BCUT2D eigenvalue weighted by atomic mass is 9.82. The highest BCUT2D eigenvalue weighted by Gasteiger charge is 2.54. The number of carboxylic acids is 1. The number of pyridine rings is 1. The zero-order valence-electron chi connectivity index (χ0n) is 24.2. The first-order valence-electron chi connectivity index (χ1n) is 13.6. The number of esters is 2. The van der Waals surface area contributed by atoms with E-state index in [2.05, 4.69) is 10.3 Å². The molecule has 43 heavy (non-hydrogen) atoms. The third-order valence-electron chi connectivity index (χ3n) is 6.79. The number of β-lactam (4-membered cyclic amide) rings is 1. The van der Waals surface area contributed by atoms with Crippen molar-refractivity contribution in [3.8, 4) is 11.5 Å². The van der Waals surface area contributed by atoms with Crippen molar-refractivity contribution >= 4 is 29.8 Å². The number of urea groups is 1. The lowest BCUT2D eigenvalue weighted by molar-refractivity contribution is -0.186. The number of fused-ring (bicyclic) bond motifs is 1. The van der Waals surface area contributed by atoms with Gasteiger partial charge >= 0.3 is 30.0 Å². The lowest BCUT2D eigenvalue weighted by Gasteiger charge is -2.43. The van der Waals surface area contributed by atoms with Gasteiger partial charge in [0.25, 0.3) is 0 Å². The van der Waals surface area contributed by atoms with Crippen LogP contribution < -0.4 is 14.8 Å². The largest absolute Gasteiger partial charge is 0.480 e. The molecule has 2 aliphatic rings. The summed E-state index contributed by atoms with van der Waals surface area (Å²) >= 11 is 0. The Bertz CT molecular complexity index is 1450. The standard InChI is InChI=1S/C29H32FN3O10/c1-14(2)27(38)41-16(4)40-23(34)13-19-10-17(8-9-31-19)11-20-24(26(36)37)33(25(20)35)28(39)32-15(3)18-6-7-21-22(12-18)43-29(5,30)42-21/h6-10,12,14-16,20,24H,11,13H2,1-5H3,(H,32,39)(H,36,37)/t15-,16?,20-,24+,29?/m1/s1. The first-order valence-corrected chi connectivity index (χ1v) is 13.6. The minimum Gasteiger partial charge on any atom is -0.480 e. The Kier molecular flexibility index (Phi) is 8.88. The molecule has 5 atom stereocenters. The van der Waals surface area contributed by atoms with Gasteiger partial charge in [0, 0.05) is 20.0 Å². The molecule has 0 spiro atoms. The van der Waals surface area contributed by atoms with Gasteiger partial charge in [-0.05, 0) is 48.7 Å². The number of likely N-dealkylation sites (tertiary alicyclic amines) is 1. The van der Waals surface area contributed by atoms with E-state index < -0.39 is 60.2 Å². The molecule has 3 heterocycles. The molecule has 0 aliphatic carbocycles. The van der Waals surface area contributed by atoms with Crippen LogP contribution >= 0.6 is 0 Å². The van der Waals surface area contributed by atoms with Gasteiger partial charge in [0.2, 0.25) is 12.2 Å². The summed E-state index contributed by atoms with van der Waals surface area (Å²) in [5, 5.41) is 12.4. The topological polar surface area (TPSA) is 171 Å². The van der Waals surface area contributed by atoms with E-state index in [0.29, 0.717) is 21.7 Å². The highest BCUT2D eigenvalue weighted by atomic mass is 19.2. The number of nitrogens with one attached hydrogen (secondary N) is 1. The van der Waals surface area contributed by atoms with E-state index in [9.17, 15) is 33.5 Å². The molecule has 1 aromatic carbocycles. The minimum absolute atomic E-state index is 0.0216. The van der Waals surface area contributed by atoms with Gasteiger partial charge in [-0.15, -0.1) is 0 Å². The molecular weight excluding hydrogens is 569 g/mol. The molecule has 0 bridgehead atoms. The summed E-state index contributed by atoms with van der Waals surface area (Å²) in [6.45, 7) is 7.41. The Morgan fingerprint density at radius 2 is 1.79 bits per heavy atom. The predicted octanol–water partition coefficient (Wildman–Crippen LogP) is 3.05. The lowest BCUT2D eigenvalue weighted by Crippen LogP contribution is -2.68. The number of alkyl halides is 1. The van der Waals surface area contributed by atoms with E-state index in [1.807, 2.05) is 0 Å². The molecule has 2 unspecified atom stereocenters. The van der Waals surface area contributed by atoms with Crippen LogP contribution in [-0.4, -0.2) is 63.2 Å². The fourth-order valence-electron chi connectivity index (χ4n) is 4.67. The van der Waals surface area contributed by atoms with Crippen molar-refractivity contribution in [2.45, 2.75) is 71.9 Å². The van der Waals surface area contributed by atoms with Crippen LogP contribution in [0, 0.1) is 11.8 Å². The van der Waals surface area contributed by atoms with Crippen LogP contribution in [0.1, 0.15) is 57.5 Å². The molecular formula is C29H32FN3O10. The van der Waals surface area contributed by atoms with Gasteiger partial charge in [0.05, 0.1) is 30.0 Å². The number of ether oxygens (including phenoxy) is 4. The second kappa shape index (κ2) is 12.2. The monoisotopic (exact) mass is 601 g/mol.